The van der Waals surface area contributed by atoms with Crippen molar-refractivity contribution in [2.45, 2.75) is 39.3 Å². The summed E-state index contributed by atoms with van der Waals surface area (Å²) in [6, 6.07) is -1.05. The minimum atomic E-state index is -3.10. The second kappa shape index (κ2) is 12.6. The van der Waals surface area contributed by atoms with E-state index in [1.165, 1.54) is 6.66 Å². The summed E-state index contributed by atoms with van der Waals surface area (Å²) in [6.45, 7) is 7.66. The molecule has 1 aromatic heterocycles. The lowest BCUT2D eigenvalue weighted by molar-refractivity contribution is -0.138. The van der Waals surface area contributed by atoms with Gasteiger partial charge in [0.25, 0.3) is 0 Å². The third kappa shape index (κ3) is 9.49. The molecule has 0 aliphatic carbocycles. The van der Waals surface area contributed by atoms with Crippen LogP contribution in [-0.2, 0) is 18.9 Å². The summed E-state index contributed by atoms with van der Waals surface area (Å²) in [4.78, 5) is 33.7. The highest BCUT2D eigenvalue weighted by Gasteiger charge is 2.25. The van der Waals surface area contributed by atoms with Crippen LogP contribution in [0, 0.1) is 13.8 Å². The molecule has 0 aliphatic rings. The molecule has 1 rings (SSSR count). The van der Waals surface area contributed by atoms with Gasteiger partial charge >= 0.3 is 5.97 Å². The quantitative estimate of drug-likeness (QED) is 0.384. The van der Waals surface area contributed by atoms with Crippen LogP contribution < -0.4 is 10.6 Å². The number of hydrogen-bond acceptors (Lipinski definition) is 6. The smallest absolute Gasteiger partial charge is 0.320 e. The number of aryl methyl sites for hydroxylation is 2. The Morgan fingerprint density at radius 3 is 2.36 bits per heavy atom. The van der Waals surface area contributed by atoms with Crippen LogP contribution in [0.25, 0.3) is 0 Å². The fourth-order valence-corrected chi connectivity index (χ4v) is 4.12. The Balaban J connectivity index is 0.000000576. The van der Waals surface area contributed by atoms with Crippen LogP contribution in [0.1, 0.15) is 23.8 Å². The van der Waals surface area contributed by atoms with E-state index in [1.807, 2.05) is 20.8 Å². The number of amides is 1. The molecule has 1 amide bonds. The number of carbonyl (C=O) groups is 2. The Labute approximate surface area is 175 Å². The molecule has 11 heteroatoms. The van der Waals surface area contributed by atoms with E-state index in [2.05, 4.69) is 5.38 Å². The number of carbonyl (C=O) groups excluding carboxylic acids is 1. The predicted octanol–water partition coefficient (Wildman–Crippen LogP) is 2.66. The number of carboxylic acids is 1. The molecule has 0 aliphatic heterocycles. The summed E-state index contributed by atoms with van der Waals surface area (Å²) in [6.07, 6.45) is 0.0000772. The Kier molecular flexibility index (Phi) is 12.1. The summed E-state index contributed by atoms with van der Waals surface area (Å²) in [5, 5.41) is 10.3. The highest BCUT2D eigenvalue weighted by molar-refractivity contribution is 7.57. The number of alkyl halides is 1. The summed E-state index contributed by atoms with van der Waals surface area (Å²) in [7, 11) is -1.47. The van der Waals surface area contributed by atoms with Crippen molar-refractivity contribution in [3.8, 4) is 0 Å². The number of nitrogens with zero attached hydrogens (tertiary/aromatic N) is 1. The molecule has 0 fully saturated rings. The van der Waals surface area contributed by atoms with Gasteiger partial charge in [0.1, 0.15) is 11.9 Å². The van der Waals surface area contributed by atoms with E-state index in [9.17, 15) is 14.2 Å². The first-order chi connectivity index (χ1) is 12.9. The molecule has 0 saturated carbocycles. The molecule has 8 nitrogen and oxygen atoms in total. The molecule has 28 heavy (non-hydrogen) atoms. The zero-order chi connectivity index (χ0) is 22.1. The van der Waals surface area contributed by atoms with Gasteiger partial charge in [0, 0.05) is 24.8 Å². The fraction of sp³-hybridized carbons (Fsp3) is 0.647. The largest absolute Gasteiger partial charge is 0.480 e. The zero-order valence-electron chi connectivity index (χ0n) is 16.8. The lowest BCUT2D eigenvalue weighted by Gasteiger charge is -2.29. The van der Waals surface area contributed by atoms with Crippen LogP contribution in [0.4, 0.5) is 5.69 Å². The topological polar surface area (TPSA) is 130 Å². The molecule has 1 heterocycles. The Morgan fingerprint density at radius 2 is 2.00 bits per heavy atom. The Hall–Kier alpha value is -0.960. The maximum Gasteiger partial charge on any atom is 0.320 e. The molecular formula is C17H30ClN2O6PS. The fourth-order valence-electron chi connectivity index (χ4n) is 2.40. The van der Waals surface area contributed by atoms with E-state index in [0.717, 1.165) is 16.1 Å². The minimum absolute atomic E-state index is 0.0111. The van der Waals surface area contributed by atoms with Gasteiger partial charge in [-0.2, -0.15) is 0 Å². The van der Waals surface area contributed by atoms with E-state index in [4.69, 9.17) is 32.1 Å². The average Bonchev–Trinajstić information content (AvgIpc) is 2.92. The van der Waals surface area contributed by atoms with E-state index in [-0.39, 0.29) is 30.4 Å². The number of thiophene rings is 1. The number of anilines is 1. The average molecular weight is 457 g/mol. The number of hydrogen-bond donors (Lipinski definition) is 3. The lowest BCUT2D eigenvalue weighted by Crippen LogP contribution is -2.42. The minimum Gasteiger partial charge on any atom is -0.480 e. The highest BCUT2D eigenvalue weighted by atomic mass is 35.5. The van der Waals surface area contributed by atoms with Crippen LogP contribution >= 0.6 is 30.3 Å². The lowest BCUT2D eigenvalue weighted by atomic mass is 10.2. The van der Waals surface area contributed by atoms with E-state index in [1.54, 1.807) is 23.3 Å². The van der Waals surface area contributed by atoms with Crippen molar-refractivity contribution in [2.24, 2.45) is 5.73 Å². The zero-order valence-corrected chi connectivity index (χ0v) is 19.3. The molecule has 3 atom stereocenters. The molecule has 4 N–H and O–H groups in total. The van der Waals surface area contributed by atoms with Gasteiger partial charge in [-0.3, -0.25) is 14.2 Å². The monoisotopic (exact) mass is 456 g/mol. The second-order valence-corrected chi connectivity index (χ2v) is 10.4. The van der Waals surface area contributed by atoms with Gasteiger partial charge in [-0.1, -0.05) is 0 Å². The van der Waals surface area contributed by atoms with Gasteiger partial charge in [0.15, 0.2) is 7.37 Å². The van der Waals surface area contributed by atoms with Gasteiger partial charge in [0.05, 0.1) is 18.3 Å². The van der Waals surface area contributed by atoms with Gasteiger partial charge in [-0.15, -0.1) is 22.9 Å². The van der Waals surface area contributed by atoms with Gasteiger partial charge in [-0.05, 0) is 38.1 Å². The Morgan fingerprint density at radius 1 is 1.43 bits per heavy atom. The molecule has 0 bridgehead atoms. The number of rotatable bonds is 9. The molecule has 0 aromatic carbocycles. The SMILES string of the molecule is COC[C@H](C)N(C(=O)CCl)c1c(C)csc1C.CP(=O)(O)CCC(N)C(=O)O. The number of ether oxygens (including phenoxy) is 1. The van der Waals surface area contributed by atoms with Crippen molar-refractivity contribution in [1.82, 2.24) is 0 Å². The maximum absolute atomic E-state index is 12.0. The van der Waals surface area contributed by atoms with Crippen LogP contribution in [0.5, 0.6) is 0 Å². The van der Waals surface area contributed by atoms with Crippen molar-refractivity contribution in [1.29, 1.82) is 0 Å². The normalized spacial score (nSPS) is 15.0. The highest BCUT2D eigenvalue weighted by Crippen LogP contribution is 2.35. The second-order valence-electron chi connectivity index (χ2n) is 6.53. The van der Waals surface area contributed by atoms with E-state index in [0.29, 0.717) is 6.61 Å². The summed E-state index contributed by atoms with van der Waals surface area (Å²) < 4.78 is 15.8. The van der Waals surface area contributed by atoms with Crippen molar-refractivity contribution in [3.05, 3.63) is 15.8 Å². The first-order valence-corrected chi connectivity index (χ1v) is 12.3. The van der Waals surface area contributed by atoms with Crippen molar-refractivity contribution in [2.75, 3.05) is 37.3 Å². The van der Waals surface area contributed by atoms with Crippen LogP contribution in [0.2, 0.25) is 0 Å². The number of aliphatic carboxylic acids is 1. The van der Waals surface area contributed by atoms with Crippen molar-refractivity contribution < 1.29 is 28.9 Å². The van der Waals surface area contributed by atoms with Gasteiger partial charge < -0.3 is 25.4 Å². The molecule has 2 unspecified atom stereocenters. The first kappa shape index (κ1) is 27.0. The standard InChI is InChI=1S/C12H18ClNO2S.C5H12NO4P/c1-8-7-17-10(3)12(8)14(11(15)5-13)9(2)6-16-4;1-11(9,10)3-2-4(6)5(7)8/h7,9H,5-6H2,1-4H3;4H,2-3,6H2,1H3,(H,7,8)(H,9,10)/t9-;/m0./s1. The molecule has 162 valence electrons. The predicted molar refractivity (Wildman–Crippen MR) is 114 cm³/mol. The van der Waals surface area contributed by atoms with Crippen molar-refractivity contribution in [3.63, 3.8) is 0 Å². The Bertz CT molecular complexity index is 674. The molecule has 0 radical (unpaired) electrons. The van der Waals surface area contributed by atoms with Crippen LogP contribution in [0.3, 0.4) is 0 Å². The number of halogens is 1. The molecule has 0 saturated heterocycles. The summed E-state index contributed by atoms with van der Waals surface area (Å²) in [5.74, 6) is -1.23. The van der Waals surface area contributed by atoms with Crippen molar-refractivity contribution >= 4 is 47.9 Å². The molecule has 1 aromatic rings. The van der Waals surface area contributed by atoms with E-state index >= 15 is 0 Å². The van der Waals surface area contributed by atoms with Gasteiger partial charge in [-0.25, -0.2) is 0 Å². The summed E-state index contributed by atoms with van der Waals surface area (Å²) >= 11 is 7.33. The third-order valence-corrected chi connectivity index (χ3v) is 6.10. The first-order valence-electron chi connectivity index (χ1n) is 8.55. The van der Waals surface area contributed by atoms with Crippen LogP contribution in [-0.4, -0.2) is 66.4 Å². The number of methoxy groups -OCH3 is 1. The summed E-state index contributed by atoms with van der Waals surface area (Å²) in [5.41, 5.74) is 7.17. The number of carboxylic acid groups (broad SMARTS) is 1. The number of nitrogens with two attached hydrogens (primary N) is 1. The van der Waals surface area contributed by atoms with Crippen LogP contribution in [0.15, 0.2) is 5.38 Å². The van der Waals surface area contributed by atoms with Gasteiger partial charge in [0.2, 0.25) is 5.91 Å². The van der Waals surface area contributed by atoms with E-state index < -0.39 is 19.4 Å². The maximum atomic E-state index is 12.0. The molecular weight excluding hydrogens is 427 g/mol. The third-order valence-electron chi connectivity index (χ3n) is 3.76. The molecule has 0 spiro atoms.